The maximum Gasteiger partial charge on any atom is 0.274 e. The molecule has 3 aromatic heterocycles. The number of aliphatic hydroxyl groups excluding tert-OH is 1. The van der Waals surface area contributed by atoms with Crippen molar-refractivity contribution in [3.8, 4) is 11.1 Å². The van der Waals surface area contributed by atoms with Crippen LogP contribution in [0.4, 0.5) is 22.9 Å². The van der Waals surface area contributed by atoms with Crippen molar-refractivity contribution in [3.05, 3.63) is 87.7 Å². The van der Waals surface area contributed by atoms with Crippen LogP contribution in [0.5, 0.6) is 0 Å². The van der Waals surface area contributed by atoms with Crippen LogP contribution >= 0.6 is 0 Å². The molecular formula is C36H43N7O3. The van der Waals surface area contributed by atoms with Crippen molar-refractivity contribution in [2.45, 2.75) is 58.7 Å². The third kappa shape index (κ3) is 5.49. The Hall–Kier alpha value is -4.41. The van der Waals surface area contributed by atoms with Gasteiger partial charge in [0, 0.05) is 75.4 Å². The van der Waals surface area contributed by atoms with Gasteiger partial charge in [-0.15, -0.1) is 0 Å². The zero-order valence-electron chi connectivity index (χ0n) is 27.0. The number of amides is 1. The molecule has 3 aliphatic rings. The molecule has 0 saturated carbocycles. The molecule has 46 heavy (non-hydrogen) atoms. The fourth-order valence-corrected chi connectivity index (χ4v) is 7.36. The Labute approximate surface area is 269 Å². The van der Waals surface area contributed by atoms with Crippen LogP contribution < -0.4 is 20.7 Å². The van der Waals surface area contributed by atoms with E-state index in [-0.39, 0.29) is 18.1 Å². The van der Waals surface area contributed by atoms with E-state index in [9.17, 15) is 14.7 Å². The molecule has 0 bridgehead atoms. The zero-order chi connectivity index (χ0) is 31.9. The third-order valence-corrected chi connectivity index (χ3v) is 9.93. The van der Waals surface area contributed by atoms with Gasteiger partial charge in [-0.3, -0.25) is 14.5 Å². The number of nitrogens with one attached hydrogen (secondary N) is 1. The van der Waals surface area contributed by atoms with E-state index in [0.29, 0.717) is 35.3 Å². The molecule has 10 nitrogen and oxygen atoms in total. The van der Waals surface area contributed by atoms with Gasteiger partial charge >= 0.3 is 0 Å². The number of carbonyl (C=O) groups is 1. The number of piperazine rings is 1. The van der Waals surface area contributed by atoms with Crippen LogP contribution in [0.15, 0.2) is 59.7 Å². The fraction of sp³-hybridized carbons (Fsp3) is 0.417. The first kappa shape index (κ1) is 30.3. The predicted octanol–water partition coefficient (Wildman–Crippen LogP) is 4.55. The molecule has 0 spiro atoms. The lowest BCUT2D eigenvalue weighted by Crippen LogP contribution is -2.48. The van der Waals surface area contributed by atoms with Crippen molar-refractivity contribution in [2.75, 3.05) is 47.8 Å². The van der Waals surface area contributed by atoms with Gasteiger partial charge in [0.25, 0.3) is 11.5 Å². The highest BCUT2D eigenvalue weighted by atomic mass is 16.3. The molecule has 2 N–H and O–H groups in total. The molecule has 1 fully saturated rings. The first-order valence-electron chi connectivity index (χ1n) is 16.5. The molecule has 240 valence electrons. The van der Waals surface area contributed by atoms with E-state index < -0.39 is 0 Å². The molecule has 4 aromatic rings. The largest absolute Gasteiger partial charge is 0.392 e. The van der Waals surface area contributed by atoms with Gasteiger partial charge in [0.2, 0.25) is 0 Å². The average Bonchev–Trinajstić information content (AvgIpc) is 3.46. The van der Waals surface area contributed by atoms with Crippen molar-refractivity contribution in [2.24, 2.45) is 7.05 Å². The summed E-state index contributed by atoms with van der Waals surface area (Å²) < 4.78 is 3.74. The molecule has 10 heteroatoms. The minimum atomic E-state index is -0.243. The number of benzene rings is 1. The van der Waals surface area contributed by atoms with E-state index in [2.05, 4.69) is 44.6 Å². The van der Waals surface area contributed by atoms with Crippen LogP contribution in [0.2, 0.25) is 0 Å². The maximum atomic E-state index is 13.8. The highest BCUT2D eigenvalue weighted by Crippen LogP contribution is 2.36. The molecule has 0 atom stereocenters. The minimum Gasteiger partial charge on any atom is -0.392 e. The summed E-state index contributed by atoms with van der Waals surface area (Å²) >= 11 is 0. The van der Waals surface area contributed by atoms with Gasteiger partial charge in [0.05, 0.1) is 24.2 Å². The van der Waals surface area contributed by atoms with E-state index in [4.69, 9.17) is 0 Å². The Morgan fingerprint density at radius 3 is 2.50 bits per heavy atom. The summed E-state index contributed by atoms with van der Waals surface area (Å²) in [5.41, 5.74) is 7.51. The Bertz CT molecular complexity index is 1820. The number of carbonyl (C=O) groups excluding carboxylic acids is 1. The van der Waals surface area contributed by atoms with Crippen molar-refractivity contribution < 1.29 is 9.90 Å². The highest BCUT2D eigenvalue weighted by molar-refractivity contribution is 6.07. The number of aromatic nitrogens is 3. The van der Waals surface area contributed by atoms with E-state index in [1.165, 1.54) is 28.7 Å². The molecule has 1 saturated heterocycles. The molecule has 5 heterocycles. The van der Waals surface area contributed by atoms with E-state index >= 15 is 0 Å². The molecule has 1 aromatic carbocycles. The number of rotatable bonds is 7. The van der Waals surface area contributed by atoms with Gasteiger partial charge in [-0.05, 0) is 81.0 Å². The summed E-state index contributed by atoms with van der Waals surface area (Å²) in [5, 5.41) is 13.9. The normalized spacial score (nSPS) is 16.9. The van der Waals surface area contributed by atoms with Crippen LogP contribution in [-0.2, 0) is 33.0 Å². The minimum absolute atomic E-state index is 0.0355. The Morgan fingerprint density at radius 2 is 1.76 bits per heavy atom. The van der Waals surface area contributed by atoms with Gasteiger partial charge in [-0.25, -0.2) is 4.98 Å². The topological polar surface area (TPSA) is 98.9 Å². The van der Waals surface area contributed by atoms with Gasteiger partial charge in [-0.2, -0.15) is 0 Å². The predicted molar refractivity (Wildman–Crippen MR) is 182 cm³/mol. The molecule has 1 amide bonds. The summed E-state index contributed by atoms with van der Waals surface area (Å²) in [6.07, 6.45) is 8.02. The Balaban J connectivity index is 1.15. The summed E-state index contributed by atoms with van der Waals surface area (Å²) in [6.45, 7) is 9.47. The smallest absolute Gasteiger partial charge is 0.274 e. The average molecular weight is 622 g/mol. The van der Waals surface area contributed by atoms with Gasteiger partial charge in [0.1, 0.15) is 17.2 Å². The third-order valence-electron chi connectivity index (χ3n) is 9.93. The summed E-state index contributed by atoms with van der Waals surface area (Å²) in [7, 11) is 1.72. The second kappa shape index (κ2) is 12.4. The summed E-state index contributed by atoms with van der Waals surface area (Å²) in [5.74, 6) is 0.547. The molecule has 7 rings (SSSR count). The van der Waals surface area contributed by atoms with Crippen LogP contribution in [0, 0.1) is 0 Å². The number of anilines is 4. The highest BCUT2D eigenvalue weighted by Gasteiger charge is 2.31. The standard InChI is InChI=1S/C36H43N7O3/c1-24(2)40-13-15-41(16-14-40)27-11-12-34(37-21-27)38-30-19-26(22-39(3)35(30)45)28-8-6-10-32(29(28)23-44)43-18-17-42-31-9-5-4-7-25(31)20-33(42)36(43)46/h6,8,10-12,19-22,24,44H,4-5,7,9,13-18,23H2,1-3H3,(H,37,38). The van der Waals surface area contributed by atoms with Crippen LogP contribution in [0.1, 0.15) is 54.0 Å². The van der Waals surface area contributed by atoms with Crippen molar-refractivity contribution in [1.29, 1.82) is 0 Å². The van der Waals surface area contributed by atoms with Crippen molar-refractivity contribution >= 4 is 28.8 Å². The number of nitrogens with zero attached hydrogens (tertiary/aromatic N) is 6. The first-order chi connectivity index (χ1) is 22.3. The molecule has 2 aliphatic heterocycles. The number of aliphatic hydroxyl groups is 1. The van der Waals surface area contributed by atoms with Crippen molar-refractivity contribution in [3.63, 3.8) is 0 Å². The SMILES string of the molecule is CC(C)N1CCN(c2ccc(Nc3cc(-c4cccc(N5CCn6c(cc7c6CCCC7)C5=O)c4CO)cn(C)c3=O)nc2)CC1. The van der Waals surface area contributed by atoms with Crippen LogP contribution in [-0.4, -0.2) is 68.8 Å². The van der Waals surface area contributed by atoms with E-state index in [1.807, 2.05) is 36.5 Å². The lowest BCUT2D eigenvalue weighted by molar-refractivity contribution is 0.0964. The van der Waals surface area contributed by atoms with Gasteiger partial charge in [-0.1, -0.05) is 12.1 Å². The maximum absolute atomic E-state index is 13.8. The number of pyridine rings is 2. The van der Waals surface area contributed by atoms with E-state index in [0.717, 1.165) is 68.1 Å². The zero-order valence-corrected chi connectivity index (χ0v) is 27.0. The first-order valence-corrected chi connectivity index (χ1v) is 16.5. The lowest BCUT2D eigenvalue weighted by atomic mass is 9.98. The second-order valence-electron chi connectivity index (χ2n) is 13.0. The van der Waals surface area contributed by atoms with Gasteiger partial charge < -0.3 is 29.4 Å². The van der Waals surface area contributed by atoms with Crippen molar-refractivity contribution in [1.82, 2.24) is 19.0 Å². The molecule has 0 unspecified atom stereocenters. The van der Waals surface area contributed by atoms with Gasteiger partial charge in [0.15, 0.2) is 0 Å². The molecule has 1 aliphatic carbocycles. The Kier molecular flexibility index (Phi) is 8.16. The Morgan fingerprint density at radius 1 is 0.957 bits per heavy atom. The fourth-order valence-electron chi connectivity index (χ4n) is 7.36. The van der Waals surface area contributed by atoms with Crippen LogP contribution in [0.3, 0.4) is 0 Å². The summed E-state index contributed by atoms with van der Waals surface area (Å²) in [4.78, 5) is 38.3. The summed E-state index contributed by atoms with van der Waals surface area (Å²) in [6, 6.07) is 14.1. The lowest BCUT2D eigenvalue weighted by Gasteiger charge is -2.38. The molecular weight excluding hydrogens is 578 g/mol. The molecule has 0 radical (unpaired) electrons. The number of hydrogen-bond donors (Lipinski definition) is 2. The quantitative estimate of drug-likeness (QED) is 0.312. The number of fused-ring (bicyclic) bond motifs is 3. The number of aryl methyl sites for hydroxylation is 2. The monoisotopic (exact) mass is 621 g/mol. The second-order valence-corrected chi connectivity index (χ2v) is 13.0. The van der Waals surface area contributed by atoms with E-state index in [1.54, 1.807) is 24.2 Å². The number of hydrogen-bond acceptors (Lipinski definition) is 7. The van der Waals surface area contributed by atoms with Crippen LogP contribution in [0.25, 0.3) is 11.1 Å².